The van der Waals surface area contributed by atoms with Crippen LogP contribution in [-0.4, -0.2) is 36.5 Å². The maximum Gasteiger partial charge on any atom is 0.338 e. The fraction of sp³-hybridized carbons (Fsp3) is 0.118. The van der Waals surface area contributed by atoms with Gasteiger partial charge in [0.1, 0.15) is 5.75 Å². The Balaban J connectivity index is 1.95. The van der Waals surface area contributed by atoms with Gasteiger partial charge in [0.05, 0.1) is 18.2 Å². The van der Waals surface area contributed by atoms with Crippen molar-refractivity contribution in [2.45, 2.75) is 0 Å². The Hall–Kier alpha value is -3.15. The zero-order valence-electron chi connectivity index (χ0n) is 12.3. The number of hydrogen-bond acceptors (Lipinski definition) is 6. The standard InChI is InChI=1S/C17H14O6/c1-22-16(20)12-4-2-11(3-5-12)15(19)10-23-17(21)13-6-8-14(18)9-7-13/h2-9,18H,10H2,1H3. The third-order valence-electron chi connectivity index (χ3n) is 3.07. The maximum atomic E-state index is 12.0. The molecule has 0 unspecified atom stereocenters. The molecule has 2 aromatic rings. The SMILES string of the molecule is COC(=O)c1ccc(C(=O)COC(=O)c2ccc(O)cc2)cc1. The molecule has 0 bridgehead atoms. The molecule has 2 aromatic carbocycles. The van der Waals surface area contributed by atoms with Crippen molar-refractivity contribution in [3.05, 3.63) is 65.2 Å². The van der Waals surface area contributed by atoms with Gasteiger partial charge in [-0.2, -0.15) is 0 Å². The third-order valence-corrected chi connectivity index (χ3v) is 3.07. The molecule has 1 N–H and O–H groups in total. The number of phenolic OH excluding ortho intramolecular Hbond substituents is 1. The van der Waals surface area contributed by atoms with Crippen molar-refractivity contribution in [1.29, 1.82) is 0 Å². The van der Waals surface area contributed by atoms with Crippen LogP contribution in [0.2, 0.25) is 0 Å². The van der Waals surface area contributed by atoms with Crippen molar-refractivity contribution < 1.29 is 29.0 Å². The van der Waals surface area contributed by atoms with Gasteiger partial charge in [-0.15, -0.1) is 0 Å². The van der Waals surface area contributed by atoms with Crippen LogP contribution in [0.15, 0.2) is 48.5 Å². The number of Topliss-reactive ketones (excluding diaryl/α,β-unsaturated/α-hetero) is 1. The number of methoxy groups -OCH3 is 1. The van der Waals surface area contributed by atoms with E-state index < -0.39 is 24.3 Å². The lowest BCUT2D eigenvalue weighted by Crippen LogP contribution is -2.14. The lowest BCUT2D eigenvalue weighted by atomic mass is 10.1. The minimum absolute atomic E-state index is 0.0309. The molecule has 0 aliphatic heterocycles. The zero-order chi connectivity index (χ0) is 16.8. The Morgan fingerprint density at radius 2 is 1.30 bits per heavy atom. The first-order valence-corrected chi connectivity index (χ1v) is 6.69. The molecule has 0 aromatic heterocycles. The molecule has 0 aliphatic rings. The number of esters is 2. The second-order valence-electron chi connectivity index (χ2n) is 4.62. The average molecular weight is 314 g/mol. The summed E-state index contributed by atoms with van der Waals surface area (Å²) in [5, 5.41) is 9.15. The van der Waals surface area contributed by atoms with Crippen LogP contribution in [0, 0.1) is 0 Å². The first-order valence-electron chi connectivity index (χ1n) is 6.69. The highest BCUT2D eigenvalue weighted by Gasteiger charge is 2.13. The van der Waals surface area contributed by atoms with Crippen molar-refractivity contribution in [2.75, 3.05) is 13.7 Å². The third kappa shape index (κ3) is 4.16. The van der Waals surface area contributed by atoms with E-state index in [1.54, 1.807) is 0 Å². The van der Waals surface area contributed by atoms with Gasteiger partial charge in [0.2, 0.25) is 0 Å². The van der Waals surface area contributed by atoms with Gasteiger partial charge in [-0.25, -0.2) is 9.59 Å². The first kappa shape index (κ1) is 16.2. The van der Waals surface area contributed by atoms with E-state index >= 15 is 0 Å². The summed E-state index contributed by atoms with van der Waals surface area (Å²) < 4.78 is 9.48. The first-order chi connectivity index (χ1) is 11.0. The number of hydrogen-bond donors (Lipinski definition) is 1. The van der Waals surface area contributed by atoms with E-state index in [0.717, 1.165) is 0 Å². The molecule has 0 amide bonds. The molecule has 6 nitrogen and oxygen atoms in total. The topological polar surface area (TPSA) is 89.9 Å². The van der Waals surface area contributed by atoms with Crippen molar-refractivity contribution >= 4 is 17.7 Å². The van der Waals surface area contributed by atoms with Crippen LogP contribution in [-0.2, 0) is 9.47 Å². The van der Waals surface area contributed by atoms with Gasteiger partial charge in [0.15, 0.2) is 12.4 Å². The number of carbonyl (C=O) groups excluding carboxylic acids is 3. The summed E-state index contributed by atoms with van der Waals surface area (Å²) >= 11 is 0. The number of benzene rings is 2. The van der Waals surface area contributed by atoms with Crippen LogP contribution >= 0.6 is 0 Å². The smallest absolute Gasteiger partial charge is 0.338 e. The molecule has 0 saturated carbocycles. The maximum absolute atomic E-state index is 12.0. The van der Waals surface area contributed by atoms with Crippen molar-refractivity contribution in [1.82, 2.24) is 0 Å². The predicted molar refractivity (Wildman–Crippen MR) is 80.5 cm³/mol. The van der Waals surface area contributed by atoms with Crippen molar-refractivity contribution in [2.24, 2.45) is 0 Å². The molecule has 0 spiro atoms. The van der Waals surface area contributed by atoms with E-state index in [1.165, 1.54) is 55.6 Å². The minimum Gasteiger partial charge on any atom is -0.508 e. The number of ether oxygens (including phenoxy) is 2. The van der Waals surface area contributed by atoms with Gasteiger partial charge in [-0.1, -0.05) is 12.1 Å². The number of aromatic hydroxyl groups is 1. The fourth-order valence-electron chi connectivity index (χ4n) is 1.81. The molecule has 0 saturated heterocycles. The Morgan fingerprint density at radius 3 is 1.87 bits per heavy atom. The van der Waals surface area contributed by atoms with E-state index in [4.69, 9.17) is 9.84 Å². The van der Waals surface area contributed by atoms with Gasteiger partial charge < -0.3 is 14.6 Å². The lowest BCUT2D eigenvalue weighted by Gasteiger charge is -2.05. The Kier molecular flexibility index (Phi) is 5.09. The van der Waals surface area contributed by atoms with Crippen LogP contribution in [0.3, 0.4) is 0 Å². The van der Waals surface area contributed by atoms with E-state index in [9.17, 15) is 14.4 Å². The van der Waals surface area contributed by atoms with Crippen molar-refractivity contribution in [3.63, 3.8) is 0 Å². The molecule has 23 heavy (non-hydrogen) atoms. The summed E-state index contributed by atoms with van der Waals surface area (Å²) in [6.07, 6.45) is 0. The fourth-order valence-corrected chi connectivity index (χ4v) is 1.81. The number of carbonyl (C=O) groups is 3. The highest BCUT2D eigenvalue weighted by Crippen LogP contribution is 2.11. The Labute approximate surface area is 132 Å². The second-order valence-corrected chi connectivity index (χ2v) is 4.62. The zero-order valence-corrected chi connectivity index (χ0v) is 12.3. The molecule has 0 aliphatic carbocycles. The highest BCUT2D eigenvalue weighted by atomic mass is 16.5. The quantitative estimate of drug-likeness (QED) is 0.672. The summed E-state index contributed by atoms with van der Waals surface area (Å²) in [4.78, 5) is 35.0. The number of rotatable bonds is 5. The highest BCUT2D eigenvalue weighted by molar-refractivity contribution is 6.00. The van der Waals surface area contributed by atoms with Gasteiger partial charge in [0, 0.05) is 5.56 Å². The molecule has 118 valence electrons. The van der Waals surface area contributed by atoms with Gasteiger partial charge in [-0.3, -0.25) is 4.79 Å². The van der Waals surface area contributed by atoms with E-state index in [0.29, 0.717) is 11.1 Å². The van der Waals surface area contributed by atoms with E-state index in [2.05, 4.69) is 4.74 Å². The summed E-state index contributed by atoms with van der Waals surface area (Å²) in [6.45, 7) is -0.419. The lowest BCUT2D eigenvalue weighted by molar-refractivity contribution is 0.0474. The van der Waals surface area contributed by atoms with Crippen LogP contribution in [0.4, 0.5) is 0 Å². The van der Waals surface area contributed by atoms with E-state index in [-0.39, 0.29) is 11.3 Å². The largest absolute Gasteiger partial charge is 0.508 e. The van der Waals surface area contributed by atoms with Crippen LogP contribution in [0.25, 0.3) is 0 Å². The van der Waals surface area contributed by atoms with Crippen LogP contribution < -0.4 is 0 Å². The molecule has 0 heterocycles. The number of ketones is 1. The summed E-state index contributed by atoms with van der Waals surface area (Å²) in [5.74, 6) is -1.52. The van der Waals surface area contributed by atoms with Crippen LogP contribution in [0.5, 0.6) is 5.75 Å². The number of phenols is 1. The molecule has 0 fully saturated rings. The Bertz CT molecular complexity index is 716. The average Bonchev–Trinajstić information content (AvgIpc) is 2.59. The molecule has 2 rings (SSSR count). The molecular formula is C17H14O6. The monoisotopic (exact) mass is 314 g/mol. The van der Waals surface area contributed by atoms with Crippen LogP contribution in [0.1, 0.15) is 31.1 Å². The Morgan fingerprint density at radius 1 is 0.826 bits per heavy atom. The summed E-state index contributed by atoms with van der Waals surface area (Å²) in [5.41, 5.74) is 0.873. The molecule has 0 atom stereocenters. The van der Waals surface area contributed by atoms with E-state index in [1.807, 2.05) is 0 Å². The van der Waals surface area contributed by atoms with Gasteiger partial charge in [0.25, 0.3) is 0 Å². The predicted octanol–water partition coefficient (Wildman–Crippen LogP) is 2.22. The van der Waals surface area contributed by atoms with Gasteiger partial charge >= 0.3 is 11.9 Å². The minimum atomic E-state index is -0.662. The normalized spacial score (nSPS) is 9.96. The molecule has 6 heteroatoms. The van der Waals surface area contributed by atoms with Crippen molar-refractivity contribution in [3.8, 4) is 5.75 Å². The van der Waals surface area contributed by atoms with Gasteiger partial charge in [-0.05, 0) is 36.4 Å². The molecule has 0 radical (unpaired) electrons. The molecular weight excluding hydrogens is 300 g/mol. The summed E-state index contributed by atoms with van der Waals surface area (Å²) in [7, 11) is 1.27. The second kappa shape index (κ2) is 7.22. The summed E-state index contributed by atoms with van der Waals surface area (Å²) in [6, 6.07) is 11.3.